The summed E-state index contributed by atoms with van der Waals surface area (Å²) >= 11 is 0. The molecule has 32 heavy (non-hydrogen) atoms. The van der Waals surface area contributed by atoms with E-state index in [9.17, 15) is 4.79 Å². The van der Waals surface area contributed by atoms with Gasteiger partial charge in [0.05, 0.1) is 31.5 Å². The lowest BCUT2D eigenvalue weighted by molar-refractivity contribution is -0.120. The minimum Gasteiger partial charge on any atom is -0.497 e. The molecule has 4 rings (SSSR count). The van der Waals surface area contributed by atoms with Gasteiger partial charge in [-0.2, -0.15) is 0 Å². The van der Waals surface area contributed by atoms with Crippen LogP contribution in [0.3, 0.4) is 0 Å². The molecular weight excluding hydrogens is 400 g/mol. The highest BCUT2D eigenvalue weighted by Crippen LogP contribution is 2.36. The van der Waals surface area contributed by atoms with Gasteiger partial charge < -0.3 is 14.4 Å². The van der Waals surface area contributed by atoms with Gasteiger partial charge in [0.15, 0.2) is 0 Å². The number of aromatic nitrogens is 1. The van der Waals surface area contributed by atoms with Crippen LogP contribution in [0, 0.1) is 0 Å². The van der Waals surface area contributed by atoms with Gasteiger partial charge in [-0.25, -0.2) is 4.98 Å². The molecule has 2 heterocycles. The maximum Gasteiger partial charge on any atom is 0.213 e. The van der Waals surface area contributed by atoms with Crippen LogP contribution in [0.2, 0.25) is 0 Å². The minimum atomic E-state index is -0.173. The summed E-state index contributed by atoms with van der Waals surface area (Å²) in [5.41, 5.74) is 5.25. The average molecular weight is 431 g/mol. The number of nitrogens with zero attached hydrogens (tertiary/aromatic N) is 2. The van der Waals surface area contributed by atoms with Gasteiger partial charge in [-0.05, 0) is 35.2 Å². The number of carbonyl (C=O) groups excluding carboxylic acids is 1. The molecule has 0 N–H and O–H groups in total. The van der Waals surface area contributed by atoms with Crippen molar-refractivity contribution >= 4 is 11.5 Å². The number of rotatable bonds is 6. The third kappa shape index (κ3) is 4.47. The molecule has 5 nitrogen and oxygen atoms in total. The highest BCUT2D eigenvalue weighted by Gasteiger charge is 2.30. The fraction of sp³-hybridized carbons (Fsp3) is 0.333. The largest absolute Gasteiger partial charge is 0.497 e. The first-order valence-electron chi connectivity index (χ1n) is 11.1. The number of pyridine rings is 1. The van der Waals surface area contributed by atoms with E-state index in [0.717, 1.165) is 28.3 Å². The van der Waals surface area contributed by atoms with E-state index in [2.05, 4.69) is 49.1 Å². The summed E-state index contributed by atoms with van der Waals surface area (Å²) < 4.78 is 10.7. The van der Waals surface area contributed by atoms with E-state index in [1.165, 1.54) is 5.56 Å². The predicted molar refractivity (Wildman–Crippen MR) is 128 cm³/mol. The molecule has 0 aliphatic carbocycles. The van der Waals surface area contributed by atoms with E-state index in [4.69, 9.17) is 14.5 Å². The molecule has 5 heteroatoms. The summed E-state index contributed by atoms with van der Waals surface area (Å²) in [4.78, 5) is 19.8. The molecule has 1 fully saturated rings. The fourth-order valence-electron chi connectivity index (χ4n) is 4.22. The average Bonchev–Trinajstić information content (AvgIpc) is 2.84. The lowest BCUT2D eigenvalue weighted by atomic mass is 9.89. The van der Waals surface area contributed by atoms with Gasteiger partial charge in [-0.1, -0.05) is 50.2 Å². The topological polar surface area (TPSA) is 51.7 Å². The predicted octanol–water partition coefficient (Wildman–Crippen LogP) is 5.45. The van der Waals surface area contributed by atoms with Gasteiger partial charge in [0.1, 0.15) is 11.5 Å². The number of Topliss-reactive ketones (excluding diaryl/α,β-unsaturated/α-hetero) is 1. The van der Waals surface area contributed by atoms with E-state index < -0.39 is 0 Å². The van der Waals surface area contributed by atoms with Gasteiger partial charge >= 0.3 is 0 Å². The molecule has 1 aliphatic rings. The summed E-state index contributed by atoms with van der Waals surface area (Å²) in [6, 6.07) is 20.3. The summed E-state index contributed by atoms with van der Waals surface area (Å²) in [6.45, 7) is 5.68. The maximum atomic E-state index is 12.8. The second-order valence-electron chi connectivity index (χ2n) is 8.49. The lowest BCUT2D eigenvalue weighted by Gasteiger charge is -2.34. The van der Waals surface area contributed by atoms with Crippen molar-refractivity contribution < 1.29 is 14.3 Å². The Balaban J connectivity index is 1.68. The molecule has 1 unspecified atom stereocenters. The first-order chi connectivity index (χ1) is 15.5. The number of ether oxygens (including phenoxy) is 2. The third-order valence-corrected chi connectivity index (χ3v) is 6.19. The van der Waals surface area contributed by atoms with Crippen LogP contribution >= 0.6 is 0 Å². The summed E-state index contributed by atoms with van der Waals surface area (Å²) in [7, 11) is 3.28. The van der Waals surface area contributed by atoms with Crippen LogP contribution in [-0.4, -0.2) is 38.1 Å². The van der Waals surface area contributed by atoms with Crippen molar-refractivity contribution in [1.29, 1.82) is 0 Å². The highest BCUT2D eigenvalue weighted by molar-refractivity contribution is 5.89. The number of methoxy groups -OCH3 is 2. The van der Waals surface area contributed by atoms with E-state index in [0.29, 0.717) is 31.3 Å². The van der Waals surface area contributed by atoms with E-state index >= 15 is 0 Å². The third-order valence-electron chi connectivity index (χ3n) is 6.19. The first kappa shape index (κ1) is 21.9. The Hall–Kier alpha value is -3.34. The molecule has 1 atom stereocenters. The smallest absolute Gasteiger partial charge is 0.213 e. The van der Waals surface area contributed by atoms with Crippen LogP contribution in [0.5, 0.6) is 11.6 Å². The van der Waals surface area contributed by atoms with Crippen LogP contribution in [0.25, 0.3) is 11.3 Å². The van der Waals surface area contributed by atoms with Gasteiger partial charge in [-0.15, -0.1) is 0 Å². The van der Waals surface area contributed by atoms with Crippen LogP contribution in [-0.2, 0) is 4.79 Å². The molecule has 0 amide bonds. The zero-order valence-electron chi connectivity index (χ0n) is 19.2. The molecule has 0 spiro atoms. The van der Waals surface area contributed by atoms with Gasteiger partial charge in [0.25, 0.3) is 0 Å². The summed E-state index contributed by atoms with van der Waals surface area (Å²) in [5, 5.41) is 0. The van der Waals surface area contributed by atoms with E-state index in [1.54, 1.807) is 14.2 Å². The van der Waals surface area contributed by atoms with Crippen molar-refractivity contribution in [1.82, 2.24) is 4.98 Å². The van der Waals surface area contributed by atoms with Crippen molar-refractivity contribution in [3.8, 4) is 22.9 Å². The number of ketones is 1. The van der Waals surface area contributed by atoms with Gasteiger partial charge in [-0.3, -0.25) is 4.79 Å². The Morgan fingerprint density at radius 3 is 2.28 bits per heavy atom. The van der Waals surface area contributed by atoms with Crippen molar-refractivity contribution in [3.63, 3.8) is 0 Å². The zero-order chi connectivity index (χ0) is 22.7. The second kappa shape index (κ2) is 9.43. The number of anilines is 1. The van der Waals surface area contributed by atoms with Crippen molar-refractivity contribution in [2.24, 2.45) is 0 Å². The fourth-order valence-corrected chi connectivity index (χ4v) is 4.22. The number of piperidine rings is 1. The standard InChI is InChI=1S/C27H30N2O3/c1-18(2)19-5-7-21(8-6-19)27-24(13-14-26(28-27)32-4)29-16-15-25(30)23(17-29)20-9-11-22(31-3)12-10-20/h5-14,18,23H,15-17H2,1-4H3. The molecule has 0 bridgehead atoms. The first-order valence-corrected chi connectivity index (χ1v) is 11.1. The Labute approximate surface area is 190 Å². The monoisotopic (exact) mass is 430 g/mol. The van der Waals surface area contributed by atoms with Crippen LogP contribution in [0.15, 0.2) is 60.7 Å². The molecule has 2 aromatic carbocycles. The molecule has 166 valence electrons. The Kier molecular flexibility index (Phi) is 6.45. The molecule has 3 aromatic rings. The molecule has 1 aliphatic heterocycles. The lowest BCUT2D eigenvalue weighted by Crippen LogP contribution is -2.40. The SMILES string of the molecule is COc1ccc(C2CN(c3ccc(OC)nc3-c3ccc(C(C)C)cc3)CCC2=O)cc1. The number of hydrogen-bond donors (Lipinski definition) is 0. The van der Waals surface area contributed by atoms with E-state index in [-0.39, 0.29) is 11.7 Å². The summed E-state index contributed by atoms with van der Waals surface area (Å²) in [5.74, 6) is 1.95. The number of benzene rings is 2. The number of carbonyl (C=O) groups is 1. The van der Waals surface area contributed by atoms with Crippen molar-refractivity contribution in [2.75, 3.05) is 32.2 Å². The van der Waals surface area contributed by atoms with Crippen LogP contribution in [0.4, 0.5) is 5.69 Å². The van der Waals surface area contributed by atoms with Gasteiger partial charge in [0.2, 0.25) is 5.88 Å². The van der Waals surface area contributed by atoms with Crippen molar-refractivity contribution in [2.45, 2.75) is 32.1 Å². The van der Waals surface area contributed by atoms with Crippen LogP contribution in [0.1, 0.15) is 43.2 Å². The second-order valence-corrected chi connectivity index (χ2v) is 8.49. The van der Waals surface area contributed by atoms with Crippen LogP contribution < -0.4 is 14.4 Å². The Morgan fingerprint density at radius 1 is 0.938 bits per heavy atom. The van der Waals surface area contributed by atoms with Gasteiger partial charge in [0, 0.05) is 31.1 Å². The van der Waals surface area contributed by atoms with E-state index in [1.807, 2.05) is 30.3 Å². The molecule has 1 saturated heterocycles. The molecule has 1 aromatic heterocycles. The Bertz CT molecular complexity index is 1080. The molecule has 0 saturated carbocycles. The minimum absolute atomic E-state index is 0.173. The quantitative estimate of drug-likeness (QED) is 0.520. The normalized spacial score (nSPS) is 16.3. The summed E-state index contributed by atoms with van der Waals surface area (Å²) in [6.07, 6.45) is 0.508. The Morgan fingerprint density at radius 2 is 1.66 bits per heavy atom. The highest BCUT2D eigenvalue weighted by atomic mass is 16.5. The maximum absolute atomic E-state index is 12.8. The number of hydrogen-bond acceptors (Lipinski definition) is 5. The van der Waals surface area contributed by atoms with Crippen molar-refractivity contribution in [3.05, 3.63) is 71.8 Å². The zero-order valence-corrected chi connectivity index (χ0v) is 19.2. The molecule has 0 radical (unpaired) electrons. The molecular formula is C27H30N2O3.